The molecular weight excluding hydrogens is 396 g/mol. The highest BCUT2D eigenvalue weighted by atomic mass is 16.5. The number of imide groups is 1. The summed E-state index contributed by atoms with van der Waals surface area (Å²) < 4.78 is 10.5. The van der Waals surface area contributed by atoms with E-state index >= 15 is 0 Å². The molecule has 1 N–H and O–H groups in total. The number of benzene rings is 2. The van der Waals surface area contributed by atoms with Gasteiger partial charge in [-0.25, -0.2) is 4.90 Å². The number of hydrogen-bond donors (Lipinski definition) is 1. The third-order valence-electron chi connectivity index (χ3n) is 6.49. The standard InChI is InChI=1S/C24H22N2O5/c1-30-17-8-9-19(31-2)18(12-17)25-22(27)15-4-3-5-16(11-15)26-23(28)20-13-6-7-14(10-13)21(20)24(26)29/h3-9,11-14,20-21H,10H2,1-2H3,(H,25,27)/t13-,14-,20-,21+/m0/s1. The summed E-state index contributed by atoms with van der Waals surface area (Å²) in [7, 11) is 3.06. The summed E-state index contributed by atoms with van der Waals surface area (Å²) in [5.41, 5.74) is 1.22. The fraction of sp³-hybridized carbons (Fsp3) is 0.292. The van der Waals surface area contributed by atoms with Gasteiger partial charge in [0, 0.05) is 11.6 Å². The van der Waals surface area contributed by atoms with Gasteiger partial charge in [-0.05, 0) is 48.6 Å². The lowest BCUT2D eigenvalue weighted by Gasteiger charge is -2.18. The largest absolute Gasteiger partial charge is 0.497 e. The second-order valence-electron chi connectivity index (χ2n) is 8.08. The van der Waals surface area contributed by atoms with Crippen LogP contribution in [0.5, 0.6) is 11.5 Å². The molecule has 2 bridgehead atoms. The van der Waals surface area contributed by atoms with Crippen LogP contribution in [0.2, 0.25) is 0 Å². The topological polar surface area (TPSA) is 84.9 Å². The average Bonchev–Trinajstić information content (AvgIpc) is 3.47. The molecule has 7 nitrogen and oxygen atoms in total. The molecule has 2 aliphatic carbocycles. The molecule has 3 aliphatic rings. The fourth-order valence-electron chi connectivity index (χ4n) is 5.05. The summed E-state index contributed by atoms with van der Waals surface area (Å²) in [6, 6.07) is 11.7. The number of allylic oxidation sites excluding steroid dienone is 2. The van der Waals surface area contributed by atoms with Gasteiger partial charge in [-0.3, -0.25) is 14.4 Å². The van der Waals surface area contributed by atoms with Gasteiger partial charge in [0.05, 0.1) is 37.4 Å². The first-order valence-electron chi connectivity index (χ1n) is 10.2. The molecule has 3 amide bonds. The molecule has 4 atom stereocenters. The molecule has 2 aromatic rings. The molecule has 0 aromatic heterocycles. The smallest absolute Gasteiger partial charge is 0.255 e. The Hall–Kier alpha value is -3.61. The van der Waals surface area contributed by atoms with Gasteiger partial charge in [0.15, 0.2) is 0 Å². The molecule has 1 aliphatic heterocycles. The predicted molar refractivity (Wildman–Crippen MR) is 114 cm³/mol. The van der Waals surface area contributed by atoms with E-state index in [-0.39, 0.29) is 41.4 Å². The molecule has 5 rings (SSSR count). The molecule has 7 heteroatoms. The van der Waals surface area contributed by atoms with Crippen molar-refractivity contribution >= 4 is 29.1 Å². The quantitative estimate of drug-likeness (QED) is 0.595. The summed E-state index contributed by atoms with van der Waals surface area (Å²) >= 11 is 0. The van der Waals surface area contributed by atoms with E-state index in [1.165, 1.54) is 19.1 Å². The van der Waals surface area contributed by atoms with Crippen molar-refractivity contribution in [3.05, 3.63) is 60.2 Å². The van der Waals surface area contributed by atoms with Crippen LogP contribution in [-0.4, -0.2) is 31.9 Å². The summed E-state index contributed by atoms with van der Waals surface area (Å²) in [6.07, 6.45) is 5.00. The zero-order valence-corrected chi connectivity index (χ0v) is 17.2. The SMILES string of the molecule is COc1ccc(OC)c(NC(=O)c2cccc(N3C(=O)[C@@H]4[C@H](C3=O)[C@H]3C=C[C@H]4C3)c2)c1. The lowest BCUT2D eigenvalue weighted by molar-refractivity contribution is -0.123. The van der Waals surface area contributed by atoms with Crippen molar-refractivity contribution in [3.63, 3.8) is 0 Å². The minimum absolute atomic E-state index is 0.142. The van der Waals surface area contributed by atoms with Gasteiger partial charge in [-0.1, -0.05) is 18.2 Å². The molecule has 1 saturated heterocycles. The van der Waals surface area contributed by atoms with Gasteiger partial charge in [-0.15, -0.1) is 0 Å². The predicted octanol–water partition coefficient (Wildman–Crippen LogP) is 3.27. The van der Waals surface area contributed by atoms with E-state index in [0.29, 0.717) is 28.4 Å². The monoisotopic (exact) mass is 418 g/mol. The molecule has 0 unspecified atom stereocenters. The molecule has 2 aromatic carbocycles. The van der Waals surface area contributed by atoms with E-state index < -0.39 is 0 Å². The normalized spacial score (nSPS) is 25.7. The van der Waals surface area contributed by atoms with Crippen LogP contribution < -0.4 is 19.7 Å². The third kappa shape index (κ3) is 3.00. The van der Waals surface area contributed by atoms with Crippen LogP contribution in [0.1, 0.15) is 16.8 Å². The highest BCUT2D eigenvalue weighted by Crippen LogP contribution is 2.53. The highest BCUT2D eigenvalue weighted by Gasteiger charge is 2.59. The second-order valence-corrected chi connectivity index (χ2v) is 8.08. The van der Waals surface area contributed by atoms with Crippen molar-refractivity contribution in [2.45, 2.75) is 6.42 Å². The van der Waals surface area contributed by atoms with Crippen LogP contribution >= 0.6 is 0 Å². The summed E-state index contributed by atoms with van der Waals surface area (Å²) in [4.78, 5) is 40.3. The number of methoxy groups -OCH3 is 2. The van der Waals surface area contributed by atoms with Crippen LogP contribution in [0, 0.1) is 23.7 Å². The minimum Gasteiger partial charge on any atom is -0.497 e. The van der Waals surface area contributed by atoms with Crippen molar-refractivity contribution in [2.75, 3.05) is 24.4 Å². The summed E-state index contributed by atoms with van der Waals surface area (Å²) in [6.45, 7) is 0. The number of nitrogens with zero attached hydrogens (tertiary/aromatic N) is 1. The van der Waals surface area contributed by atoms with Gasteiger partial charge >= 0.3 is 0 Å². The number of nitrogens with one attached hydrogen (secondary N) is 1. The molecule has 2 fully saturated rings. The number of rotatable bonds is 5. The highest BCUT2D eigenvalue weighted by molar-refractivity contribution is 6.23. The van der Waals surface area contributed by atoms with Crippen molar-refractivity contribution < 1.29 is 23.9 Å². The number of fused-ring (bicyclic) bond motifs is 5. The number of hydrogen-bond acceptors (Lipinski definition) is 5. The van der Waals surface area contributed by atoms with Crippen LogP contribution in [0.4, 0.5) is 11.4 Å². The fourth-order valence-corrected chi connectivity index (χ4v) is 5.05. The average molecular weight is 418 g/mol. The number of anilines is 2. The molecule has 1 heterocycles. The van der Waals surface area contributed by atoms with Gasteiger partial charge in [0.25, 0.3) is 5.91 Å². The first-order valence-corrected chi connectivity index (χ1v) is 10.2. The first-order chi connectivity index (χ1) is 15.0. The number of ether oxygens (including phenoxy) is 2. The molecule has 1 saturated carbocycles. The Balaban J connectivity index is 1.41. The number of amides is 3. The van der Waals surface area contributed by atoms with E-state index in [1.54, 1.807) is 42.5 Å². The number of carbonyl (C=O) groups is 3. The maximum Gasteiger partial charge on any atom is 0.255 e. The Labute approximate surface area is 179 Å². The Morgan fingerprint density at radius 2 is 1.68 bits per heavy atom. The molecule has 0 spiro atoms. The Bertz CT molecular complexity index is 1090. The van der Waals surface area contributed by atoms with Gasteiger partial charge in [-0.2, -0.15) is 0 Å². The lowest BCUT2D eigenvalue weighted by Crippen LogP contribution is -2.33. The Morgan fingerprint density at radius 3 is 2.32 bits per heavy atom. The van der Waals surface area contributed by atoms with E-state index in [0.717, 1.165) is 6.42 Å². The van der Waals surface area contributed by atoms with Gasteiger partial charge in [0.2, 0.25) is 11.8 Å². The zero-order valence-electron chi connectivity index (χ0n) is 17.2. The Kier molecular flexibility index (Phi) is 4.54. The molecular formula is C24H22N2O5. The zero-order chi connectivity index (χ0) is 21.7. The lowest BCUT2D eigenvalue weighted by atomic mass is 9.85. The minimum atomic E-state index is -0.380. The van der Waals surface area contributed by atoms with Crippen molar-refractivity contribution in [3.8, 4) is 11.5 Å². The van der Waals surface area contributed by atoms with E-state index in [2.05, 4.69) is 17.5 Å². The van der Waals surface area contributed by atoms with Crippen LogP contribution in [0.15, 0.2) is 54.6 Å². The van der Waals surface area contributed by atoms with Crippen LogP contribution in [0.25, 0.3) is 0 Å². The van der Waals surface area contributed by atoms with Gasteiger partial charge < -0.3 is 14.8 Å². The summed E-state index contributed by atoms with van der Waals surface area (Å²) in [5, 5.41) is 2.81. The van der Waals surface area contributed by atoms with E-state index in [4.69, 9.17) is 9.47 Å². The van der Waals surface area contributed by atoms with Crippen molar-refractivity contribution in [1.82, 2.24) is 0 Å². The van der Waals surface area contributed by atoms with E-state index in [9.17, 15) is 14.4 Å². The van der Waals surface area contributed by atoms with Crippen LogP contribution in [0.3, 0.4) is 0 Å². The second kappa shape index (κ2) is 7.27. The summed E-state index contributed by atoms with van der Waals surface area (Å²) in [5.74, 6) is 0.0834. The van der Waals surface area contributed by atoms with Crippen molar-refractivity contribution in [1.29, 1.82) is 0 Å². The molecule has 31 heavy (non-hydrogen) atoms. The molecule has 158 valence electrons. The van der Waals surface area contributed by atoms with Crippen molar-refractivity contribution in [2.24, 2.45) is 23.7 Å². The maximum atomic E-state index is 13.1. The van der Waals surface area contributed by atoms with Crippen LogP contribution in [-0.2, 0) is 9.59 Å². The third-order valence-corrected chi connectivity index (χ3v) is 6.49. The first kappa shape index (κ1) is 19.4. The molecule has 0 radical (unpaired) electrons. The van der Waals surface area contributed by atoms with E-state index in [1.807, 2.05) is 0 Å². The van der Waals surface area contributed by atoms with Gasteiger partial charge in [0.1, 0.15) is 11.5 Å². The number of carbonyl (C=O) groups excluding carboxylic acids is 3. The maximum absolute atomic E-state index is 13.1. The Morgan fingerprint density at radius 1 is 0.968 bits per heavy atom.